The quantitative estimate of drug-likeness (QED) is 0.173. The molecule has 1 aromatic heterocycles. The molecule has 262 valence electrons. The van der Waals surface area contributed by atoms with E-state index >= 15 is 4.89 Å². The van der Waals surface area contributed by atoms with Crippen LogP contribution in [0.5, 0.6) is 11.5 Å². The highest BCUT2D eigenvalue weighted by Gasteiger charge is 2.43. The Balaban J connectivity index is 1.26. The Hall–Kier alpha value is -6.78. The minimum atomic E-state index is -4.22. The minimum Gasteiger partial charge on any atom is -0.597 e. The van der Waals surface area contributed by atoms with Crippen LogP contribution in [-0.2, 0) is 0 Å². The van der Waals surface area contributed by atoms with Gasteiger partial charge in [-0.15, -0.1) is 0 Å². The van der Waals surface area contributed by atoms with Crippen molar-refractivity contribution in [1.82, 2.24) is 4.98 Å². The molecular formula is C49H33N2O3P. The molecule has 0 saturated carbocycles. The molecule has 1 aliphatic rings. The van der Waals surface area contributed by atoms with Crippen molar-refractivity contribution < 1.29 is 13.9 Å². The third-order valence-corrected chi connectivity index (χ3v) is 11.5. The summed E-state index contributed by atoms with van der Waals surface area (Å²) in [5.74, 6) is 1.32. The van der Waals surface area contributed by atoms with Crippen LogP contribution in [0, 0.1) is 0 Å². The molecule has 0 radical (unpaired) electrons. The number of hydrogen-bond donors (Lipinski definition) is 1. The number of nitrogens with zero attached hydrogens (tertiary/aromatic N) is 1. The predicted molar refractivity (Wildman–Crippen MR) is 225 cm³/mol. The van der Waals surface area contributed by atoms with Crippen molar-refractivity contribution in [2.75, 3.05) is 5.09 Å². The molecule has 0 spiro atoms. The fourth-order valence-corrected chi connectivity index (χ4v) is 8.99. The van der Waals surface area contributed by atoms with Crippen LogP contribution in [0.2, 0.25) is 0 Å². The molecule has 2 heterocycles. The van der Waals surface area contributed by atoms with Gasteiger partial charge in [0.2, 0.25) is 0 Å². The molecule has 55 heavy (non-hydrogen) atoms. The van der Waals surface area contributed by atoms with Crippen LogP contribution in [0.4, 0.5) is 5.82 Å². The second-order valence-corrected chi connectivity index (χ2v) is 15.2. The van der Waals surface area contributed by atoms with Gasteiger partial charge in [0.05, 0.1) is 0 Å². The highest BCUT2D eigenvalue weighted by atomic mass is 31.2. The molecule has 10 rings (SSSR count). The molecule has 0 amide bonds. The van der Waals surface area contributed by atoms with Crippen LogP contribution in [-0.4, -0.2) is 4.98 Å². The summed E-state index contributed by atoms with van der Waals surface area (Å²) in [4.78, 5) is 19.9. The molecule has 0 fully saturated rings. The fraction of sp³-hybridized carbons (Fsp3) is 0. The molecule has 0 unspecified atom stereocenters. The lowest BCUT2D eigenvalue weighted by molar-refractivity contribution is -0.200. The summed E-state index contributed by atoms with van der Waals surface area (Å²) in [7, 11) is -4.22. The van der Waals surface area contributed by atoms with Gasteiger partial charge in [-0.2, -0.15) is 5.09 Å². The number of aromatic nitrogens is 1. The van der Waals surface area contributed by atoms with Crippen molar-refractivity contribution in [3.63, 3.8) is 0 Å². The summed E-state index contributed by atoms with van der Waals surface area (Å²) in [6, 6.07) is 63.7. The zero-order valence-corrected chi connectivity index (χ0v) is 30.5. The van der Waals surface area contributed by atoms with Gasteiger partial charge in [0, 0.05) is 28.5 Å². The van der Waals surface area contributed by atoms with E-state index in [1.807, 2.05) is 72.8 Å². The Morgan fingerprint density at radius 2 is 0.818 bits per heavy atom. The Kier molecular flexibility index (Phi) is 8.10. The fourth-order valence-electron chi connectivity index (χ4n) is 7.59. The second-order valence-electron chi connectivity index (χ2n) is 13.6. The van der Waals surface area contributed by atoms with Crippen molar-refractivity contribution in [1.29, 1.82) is 0 Å². The van der Waals surface area contributed by atoms with Crippen LogP contribution in [0.25, 0.3) is 77.2 Å². The van der Waals surface area contributed by atoms with Gasteiger partial charge in [-0.1, -0.05) is 164 Å². The summed E-state index contributed by atoms with van der Waals surface area (Å²) in [5, 5.41) is 7.05. The van der Waals surface area contributed by atoms with Gasteiger partial charge in [0.1, 0.15) is 0 Å². The molecule has 1 N–H and O–H groups in total. The number of fused-ring (bicyclic) bond motifs is 7. The Morgan fingerprint density at radius 3 is 1.27 bits per heavy atom. The maximum atomic E-state index is 15.5. The Labute approximate surface area is 319 Å². The van der Waals surface area contributed by atoms with Crippen LogP contribution in [0.15, 0.2) is 194 Å². The lowest BCUT2D eigenvalue weighted by Crippen LogP contribution is -2.27. The molecule has 0 atom stereocenters. The zero-order chi connectivity index (χ0) is 36.8. The summed E-state index contributed by atoms with van der Waals surface area (Å²) in [5.41, 5.74) is 9.53. The van der Waals surface area contributed by atoms with Gasteiger partial charge in [-0.25, -0.2) is 4.98 Å². The largest absolute Gasteiger partial charge is 0.597 e. The number of rotatable bonds is 6. The van der Waals surface area contributed by atoms with E-state index in [0.717, 1.165) is 77.2 Å². The Morgan fingerprint density at radius 1 is 0.418 bits per heavy atom. The van der Waals surface area contributed by atoms with Crippen molar-refractivity contribution >= 4 is 35.5 Å². The third kappa shape index (κ3) is 6.06. The van der Waals surface area contributed by atoms with E-state index in [1.54, 1.807) is 12.3 Å². The first-order valence-corrected chi connectivity index (χ1v) is 19.8. The summed E-state index contributed by atoms with van der Waals surface area (Å²) in [6.45, 7) is 0. The molecular weight excluding hydrogens is 696 g/mol. The van der Waals surface area contributed by atoms with E-state index in [1.165, 1.54) is 0 Å². The monoisotopic (exact) mass is 728 g/mol. The molecule has 0 saturated heterocycles. The second kappa shape index (κ2) is 13.6. The Bertz CT molecular complexity index is 2660. The number of hydrogen-bond acceptors (Lipinski definition) is 5. The van der Waals surface area contributed by atoms with E-state index in [-0.39, 0.29) is 0 Å². The van der Waals surface area contributed by atoms with Crippen LogP contribution < -0.4 is 19.0 Å². The molecule has 0 aliphatic carbocycles. The first kappa shape index (κ1) is 32.8. The number of benzene rings is 8. The summed E-state index contributed by atoms with van der Waals surface area (Å²) >= 11 is 0. The van der Waals surface area contributed by atoms with Gasteiger partial charge in [0.25, 0.3) is 0 Å². The average molecular weight is 729 g/mol. The maximum absolute atomic E-state index is 15.5. The van der Waals surface area contributed by atoms with Gasteiger partial charge in [-0.3, -0.25) is 9.05 Å². The lowest BCUT2D eigenvalue weighted by atomic mass is 9.86. The summed E-state index contributed by atoms with van der Waals surface area (Å²) < 4.78 is 13.7. The highest BCUT2D eigenvalue weighted by molar-refractivity contribution is 7.61. The topological polar surface area (TPSA) is 66.4 Å². The van der Waals surface area contributed by atoms with E-state index in [2.05, 4.69) is 119 Å². The van der Waals surface area contributed by atoms with Crippen molar-refractivity contribution in [3.05, 3.63) is 194 Å². The third-order valence-electron chi connectivity index (χ3n) is 10.2. The molecule has 0 bridgehead atoms. The van der Waals surface area contributed by atoms with Gasteiger partial charge in [-0.05, 0) is 79.2 Å². The van der Waals surface area contributed by atoms with Crippen molar-refractivity contribution in [2.45, 2.75) is 0 Å². The smallest absolute Gasteiger partial charge is 0.433 e. The highest BCUT2D eigenvalue weighted by Crippen LogP contribution is 2.64. The summed E-state index contributed by atoms with van der Waals surface area (Å²) in [6.07, 6.45) is 1.65. The van der Waals surface area contributed by atoms with E-state index in [9.17, 15) is 0 Å². The number of anilines is 1. The molecule has 1 aliphatic heterocycles. The van der Waals surface area contributed by atoms with E-state index in [4.69, 9.17) is 9.05 Å². The zero-order valence-electron chi connectivity index (χ0n) is 29.6. The number of pyridine rings is 1. The van der Waals surface area contributed by atoms with Crippen LogP contribution in [0.3, 0.4) is 0 Å². The van der Waals surface area contributed by atoms with Crippen LogP contribution in [0.1, 0.15) is 0 Å². The van der Waals surface area contributed by atoms with Gasteiger partial charge in [0.15, 0.2) is 17.3 Å². The predicted octanol–water partition coefficient (Wildman–Crippen LogP) is 12.6. The molecule has 6 heteroatoms. The van der Waals surface area contributed by atoms with Crippen LogP contribution >= 0.6 is 8.09 Å². The van der Waals surface area contributed by atoms with Gasteiger partial charge >= 0.3 is 8.09 Å². The first-order valence-electron chi connectivity index (χ1n) is 18.2. The van der Waals surface area contributed by atoms with E-state index < -0.39 is 8.09 Å². The maximum Gasteiger partial charge on any atom is 0.433 e. The first-order chi connectivity index (χ1) is 27.1. The normalized spacial score (nSPS) is 12.9. The van der Waals surface area contributed by atoms with E-state index in [0.29, 0.717) is 17.3 Å². The van der Waals surface area contributed by atoms with Crippen molar-refractivity contribution in [2.24, 2.45) is 0 Å². The molecule has 9 aromatic rings. The standard InChI is InChI=1S/C49H33N2O3P/c52-55(51-45-21-11-12-30-50-45)53-48-43(37-26-22-35(23-27-37)33-13-3-1-4-14-33)31-39-17-7-9-19-41(39)46(48)47-42-20-10-8-18-40(42)32-44(49(47)54-55)38-28-24-36(25-29-38)34-15-5-2-6-16-34/h1-32H,(H,50,51,52). The molecule has 5 nitrogen and oxygen atoms in total. The lowest BCUT2D eigenvalue weighted by Gasteiger charge is -2.27. The average Bonchev–Trinajstić information content (AvgIpc) is 3.38. The minimum absolute atomic E-state index is 0.375. The van der Waals surface area contributed by atoms with Crippen molar-refractivity contribution in [3.8, 4) is 67.1 Å². The SMILES string of the molecule is [O-][P+]1(Nc2ccccn2)Oc2c(-c3ccc(-c4ccccc4)cc3)cc3ccccc3c2-c2c(c(-c3ccc(-c4ccccc4)cc3)cc3ccccc23)O1. The number of nitrogens with one attached hydrogen (secondary N) is 1. The molecule has 8 aromatic carbocycles. The van der Waals surface area contributed by atoms with Gasteiger partial charge < -0.3 is 4.89 Å².